The van der Waals surface area contributed by atoms with E-state index in [1.165, 1.54) is 36.0 Å². The zero-order chi connectivity index (χ0) is 13.8. The second-order valence-corrected chi connectivity index (χ2v) is 5.53. The molecule has 0 spiro atoms. The van der Waals surface area contributed by atoms with Gasteiger partial charge in [0.15, 0.2) is 0 Å². The molecule has 0 aliphatic rings. The van der Waals surface area contributed by atoms with Crippen LogP contribution in [0.15, 0.2) is 47.4 Å². The predicted molar refractivity (Wildman–Crippen MR) is 75.2 cm³/mol. The highest BCUT2D eigenvalue weighted by atomic mass is 32.2. The van der Waals surface area contributed by atoms with Crippen molar-refractivity contribution in [3.05, 3.63) is 65.2 Å². The van der Waals surface area contributed by atoms with Gasteiger partial charge in [-0.1, -0.05) is 12.1 Å². The van der Waals surface area contributed by atoms with Crippen molar-refractivity contribution in [2.45, 2.75) is 17.9 Å². The van der Waals surface area contributed by atoms with E-state index in [1.54, 1.807) is 6.07 Å². The van der Waals surface area contributed by atoms with E-state index >= 15 is 0 Å². The van der Waals surface area contributed by atoms with Crippen molar-refractivity contribution in [1.29, 1.82) is 0 Å². The number of thioether (sulfide) groups is 1. The Balaban J connectivity index is 2.03. The van der Waals surface area contributed by atoms with Gasteiger partial charge in [-0.15, -0.1) is 11.8 Å². The minimum absolute atomic E-state index is 0.264. The number of benzene rings is 2. The molecule has 0 bridgehead atoms. The summed E-state index contributed by atoms with van der Waals surface area (Å²) in [4.78, 5) is 0.823. The molecule has 0 saturated carbocycles. The lowest BCUT2D eigenvalue weighted by molar-refractivity contribution is 0.621. The lowest BCUT2D eigenvalue weighted by Gasteiger charge is -2.12. The number of nitrogens with two attached hydrogens (primary N) is 1. The minimum atomic E-state index is -0.277. The van der Waals surface area contributed by atoms with Gasteiger partial charge in [0, 0.05) is 16.7 Å². The molecule has 2 N–H and O–H groups in total. The lowest BCUT2D eigenvalue weighted by Crippen LogP contribution is -2.13. The molecule has 0 amide bonds. The zero-order valence-electron chi connectivity index (χ0n) is 10.6. The molecule has 0 heterocycles. The predicted octanol–water partition coefficient (Wildman–Crippen LogP) is 4.07. The van der Waals surface area contributed by atoms with Gasteiger partial charge in [0.05, 0.1) is 0 Å². The van der Waals surface area contributed by atoms with Crippen LogP contribution in [0.3, 0.4) is 0 Å². The Morgan fingerprint density at radius 3 is 2.58 bits per heavy atom. The Labute approximate surface area is 115 Å². The highest BCUT2D eigenvalue weighted by Crippen LogP contribution is 2.24. The summed E-state index contributed by atoms with van der Waals surface area (Å²) < 4.78 is 26.3. The van der Waals surface area contributed by atoms with E-state index < -0.39 is 0 Å². The lowest BCUT2D eigenvalue weighted by atomic mass is 10.1. The first-order valence-corrected chi connectivity index (χ1v) is 6.94. The third-order valence-corrected chi connectivity index (χ3v) is 3.83. The van der Waals surface area contributed by atoms with Gasteiger partial charge in [0.2, 0.25) is 0 Å². The van der Waals surface area contributed by atoms with Gasteiger partial charge in [-0.2, -0.15) is 0 Å². The molecule has 2 aromatic carbocycles. The zero-order valence-corrected chi connectivity index (χ0v) is 11.4. The van der Waals surface area contributed by atoms with Gasteiger partial charge in [0.1, 0.15) is 11.6 Å². The van der Waals surface area contributed by atoms with Crippen LogP contribution in [0.4, 0.5) is 8.78 Å². The van der Waals surface area contributed by atoms with E-state index in [4.69, 9.17) is 5.73 Å². The third-order valence-electron chi connectivity index (χ3n) is 2.72. The fraction of sp³-hybridized carbons (Fsp3) is 0.200. The van der Waals surface area contributed by atoms with Gasteiger partial charge in [-0.25, -0.2) is 8.78 Å². The summed E-state index contributed by atoms with van der Waals surface area (Å²) in [6, 6.07) is 10.9. The standard InChI is InChI=1S/C15H15F2NS/c1-10-5-11(7-13(17)6-10)15(18)9-19-14-4-2-3-12(16)8-14/h2-8,15H,9,18H2,1H3. The quantitative estimate of drug-likeness (QED) is 0.854. The van der Waals surface area contributed by atoms with E-state index in [2.05, 4.69) is 0 Å². The van der Waals surface area contributed by atoms with Gasteiger partial charge in [0.25, 0.3) is 0 Å². The maximum atomic E-state index is 13.3. The highest BCUT2D eigenvalue weighted by molar-refractivity contribution is 7.99. The molecule has 4 heteroatoms. The van der Waals surface area contributed by atoms with Crippen molar-refractivity contribution in [3.8, 4) is 0 Å². The van der Waals surface area contributed by atoms with Crippen LogP contribution in [-0.4, -0.2) is 5.75 Å². The molecule has 2 rings (SSSR count). The highest BCUT2D eigenvalue weighted by Gasteiger charge is 2.09. The summed E-state index contributed by atoms with van der Waals surface area (Å²) in [7, 11) is 0. The number of hydrogen-bond acceptors (Lipinski definition) is 2. The molecule has 2 aromatic rings. The smallest absolute Gasteiger partial charge is 0.124 e. The first-order chi connectivity index (χ1) is 9.04. The van der Waals surface area contributed by atoms with Crippen molar-refractivity contribution in [2.75, 3.05) is 5.75 Å². The summed E-state index contributed by atoms with van der Waals surface area (Å²) >= 11 is 1.46. The summed E-state index contributed by atoms with van der Waals surface area (Å²) in [5, 5.41) is 0. The number of halogens is 2. The van der Waals surface area contributed by atoms with Gasteiger partial charge in [-0.05, 0) is 48.4 Å². The first-order valence-electron chi connectivity index (χ1n) is 5.95. The summed E-state index contributed by atoms with van der Waals surface area (Å²) in [6.07, 6.45) is 0. The average Bonchev–Trinajstić information content (AvgIpc) is 2.35. The third kappa shape index (κ3) is 4.04. The Hall–Kier alpha value is -1.39. The second kappa shape index (κ2) is 6.17. The maximum absolute atomic E-state index is 13.3. The maximum Gasteiger partial charge on any atom is 0.124 e. The molecule has 1 nitrogen and oxygen atoms in total. The van der Waals surface area contributed by atoms with Crippen LogP contribution in [0.2, 0.25) is 0 Å². The second-order valence-electron chi connectivity index (χ2n) is 4.44. The molecule has 1 unspecified atom stereocenters. The van der Waals surface area contributed by atoms with Crippen LogP contribution in [0.25, 0.3) is 0 Å². The molecule has 100 valence electrons. The van der Waals surface area contributed by atoms with Crippen LogP contribution >= 0.6 is 11.8 Å². The van der Waals surface area contributed by atoms with E-state index in [0.717, 1.165) is 16.0 Å². The molecule has 0 fully saturated rings. The van der Waals surface area contributed by atoms with Crippen LogP contribution < -0.4 is 5.73 Å². The molecular weight excluding hydrogens is 264 g/mol. The van der Waals surface area contributed by atoms with Crippen molar-refractivity contribution in [2.24, 2.45) is 5.73 Å². The Bertz CT molecular complexity index is 552. The molecule has 0 aliphatic carbocycles. The van der Waals surface area contributed by atoms with Crippen LogP contribution in [0.1, 0.15) is 17.2 Å². The molecule has 1 atom stereocenters. The van der Waals surface area contributed by atoms with Crippen LogP contribution in [-0.2, 0) is 0 Å². The monoisotopic (exact) mass is 279 g/mol. The SMILES string of the molecule is Cc1cc(F)cc(C(N)CSc2cccc(F)c2)c1. The molecule has 0 saturated heterocycles. The molecule has 0 aliphatic heterocycles. The molecular formula is C15H15F2NS. The Morgan fingerprint density at radius 1 is 1.11 bits per heavy atom. The summed E-state index contributed by atoms with van der Waals surface area (Å²) in [5.41, 5.74) is 7.65. The summed E-state index contributed by atoms with van der Waals surface area (Å²) in [6.45, 7) is 1.83. The topological polar surface area (TPSA) is 26.0 Å². The largest absolute Gasteiger partial charge is 0.323 e. The van der Waals surface area contributed by atoms with Crippen LogP contribution in [0, 0.1) is 18.6 Å². The van der Waals surface area contributed by atoms with Gasteiger partial charge < -0.3 is 5.73 Å². The van der Waals surface area contributed by atoms with Crippen LogP contribution in [0.5, 0.6) is 0 Å². The normalized spacial score (nSPS) is 12.4. The first kappa shape index (κ1) is 14.0. The number of hydrogen-bond donors (Lipinski definition) is 1. The fourth-order valence-electron chi connectivity index (χ4n) is 1.82. The van der Waals surface area contributed by atoms with E-state index in [0.29, 0.717) is 5.75 Å². The molecule has 0 radical (unpaired) electrons. The van der Waals surface area contributed by atoms with Gasteiger partial charge >= 0.3 is 0 Å². The fourth-order valence-corrected chi connectivity index (χ4v) is 2.75. The van der Waals surface area contributed by atoms with E-state index in [1.807, 2.05) is 19.1 Å². The Kier molecular flexibility index (Phi) is 4.56. The van der Waals surface area contributed by atoms with Crippen molar-refractivity contribution in [1.82, 2.24) is 0 Å². The van der Waals surface area contributed by atoms with Crippen molar-refractivity contribution < 1.29 is 8.78 Å². The van der Waals surface area contributed by atoms with E-state index in [-0.39, 0.29) is 17.7 Å². The average molecular weight is 279 g/mol. The minimum Gasteiger partial charge on any atom is -0.323 e. The van der Waals surface area contributed by atoms with Gasteiger partial charge in [-0.3, -0.25) is 0 Å². The number of rotatable bonds is 4. The molecule has 19 heavy (non-hydrogen) atoms. The Morgan fingerprint density at radius 2 is 1.89 bits per heavy atom. The number of aryl methyl sites for hydroxylation is 1. The van der Waals surface area contributed by atoms with E-state index in [9.17, 15) is 8.78 Å². The molecule has 0 aromatic heterocycles. The van der Waals surface area contributed by atoms with Crippen molar-refractivity contribution in [3.63, 3.8) is 0 Å². The van der Waals surface area contributed by atoms with Crippen molar-refractivity contribution >= 4 is 11.8 Å². The summed E-state index contributed by atoms with van der Waals surface area (Å²) in [5.74, 6) is 0.0353.